The quantitative estimate of drug-likeness (QED) is 0.628. The van der Waals surface area contributed by atoms with Crippen LogP contribution in [0.25, 0.3) is 0 Å². The smallest absolute Gasteiger partial charge is 0.262 e. The molecule has 2 aromatic rings. The maximum absolute atomic E-state index is 13.0. The first-order valence-electron chi connectivity index (χ1n) is 9.18. The molecule has 0 aliphatic carbocycles. The SMILES string of the molecule is COc1ccc(NC(=O)COc2ccccc2C=O)cc1S(=O)(=O)N1CCOCC1. The van der Waals surface area contributed by atoms with Crippen LogP contribution in [-0.2, 0) is 19.6 Å². The van der Waals surface area contributed by atoms with Crippen LogP contribution in [0.1, 0.15) is 10.4 Å². The highest BCUT2D eigenvalue weighted by Crippen LogP contribution is 2.30. The highest BCUT2D eigenvalue weighted by atomic mass is 32.2. The van der Waals surface area contributed by atoms with Gasteiger partial charge in [0, 0.05) is 18.8 Å². The van der Waals surface area contributed by atoms with Gasteiger partial charge in [0.25, 0.3) is 5.91 Å². The Morgan fingerprint density at radius 2 is 1.90 bits per heavy atom. The molecule has 0 radical (unpaired) electrons. The molecule has 0 saturated carbocycles. The summed E-state index contributed by atoms with van der Waals surface area (Å²) in [7, 11) is -2.44. The monoisotopic (exact) mass is 434 g/mol. The number of aldehydes is 1. The van der Waals surface area contributed by atoms with Crippen molar-refractivity contribution in [3.05, 3.63) is 48.0 Å². The van der Waals surface area contributed by atoms with Crippen molar-refractivity contribution in [1.82, 2.24) is 4.31 Å². The van der Waals surface area contributed by atoms with Crippen LogP contribution < -0.4 is 14.8 Å². The Morgan fingerprint density at radius 1 is 1.17 bits per heavy atom. The van der Waals surface area contributed by atoms with Crippen molar-refractivity contribution in [3.63, 3.8) is 0 Å². The van der Waals surface area contributed by atoms with Gasteiger partial charge in [0.15, 0.2) is 12.9 Å². The summed E-state index contributed by atoms with van der Waals surface area (Å²) in [6.45, 7) is 0.773. The number of nitrogens with one attached hydrogen (secondary N) is 1. The number of amides is 1. The summed E-state index contributed by atoms with van der Waals surface area (Å²) in [6.07, 6.45) is 0.638. The van der Waals surface area contributed by atoms with Crippen molar-refractivity contribution < 1.29 is 32.2 Å². The Labute approximate surface area is 174 Å². The van der Waals surface area contributed by atoms with Crippen molar-refractivity contribution in [2.24, 2.45) is 0 Å². The molecule has 1 aliphatic rings. The van der Waals surface area contributed by atoms with E-state index in [0.29, 0.717) is 25.1 Å². The third-order valence-electron chi connectivity index (χ3n) is 4.44. The van der Waals surface area contributed by atoms with E-state index in [9.17, 15) is 18.0 Å². The predicted octanol–water partition coefficient (Wildman–Crippen LogP) is 1.55. The maximum atomic E-state index is 13.0. The lowest BCUT2D eigenvalue weighted by molar-refractivity contribution is -0.118. The van der Waals surface area contributed by atoms with Crippen LogP contribution in [-0.4, -0.2) is 64.9 Å². The number of hydrogen-bond acceptors (Lipinski definition) is 7. The fourth-order valence-corrected chi connectivity index (χ4v) is 4.52. The second-order valence-electron chi connectivity index (χ2n) is 6.37. The Bertz CT molecular complexity index is 1020. The van der Waals surface area contributed by atoms with E-state index in [0.717, 1.165) is 0 Å². The van der Waals surface area contributed by atoms with Gasteiger partial charge in [-0.3, -0.25) is 9.59 Å². The number of para-hydroxylation sites is 1. The molecular formula is C20H22N2O7S. The average Bonchev–Trinajstić information content (AvgIpc) is 2.78. The van der Waals surface area contributed by atoms with Gasteiger partial charge in [-0.2, -0.15) is 4.31 Å². The number of anilines is 1. The molecule has 1 saturated heterocycles. The Kier molecular flexibility index (Phi) is 7.03. The molecule has 1 N–H and O–H groups in total. The first kappa shape index (κ1) is 21.8. The van der Waals surface area contributed by atoms with Gasteiger partial charge in [0.05, 0.1) is 25.9 Å². The average molecular weight is 434 g/mol. The molecule has 1 heterocycles. The van der Waals surface area contributed by atoms with Crippen LogP contribution in [0.4, 0.5) is 5.69 Å². The van der Waals surface area contributed by atoms with Gasteiger partial charge in [-0.15, -0.1) is 0 Å². The molecule has 0 spiro atoms. The van der Waals surface area contributed by atoms with Gasteiger partial charge in [0.1, 0.15) is 16.4 Å². The minimum absolute atomic E-state index is 0.0445. The van der Waals surface area contributed by atoms with E-state index in [4.69, 9.17) is 14.2 Å². The summed E-state index contributed by atoms with van der Waals surface area (Å²) < 4.78 is 43.1. The van der Waals surface area contributed by atoms with Gasteiger partial charge < -0.3 is 19.5 Å². The highest BCUT2D eigenvalue weighted by Gasteiger charge is 2.29. The Balaban J connectivity index is 1.74. The lowest BCUT2D eigenvalue weighted by Gasteiger charge is -2.26. The van der Waals surface area contributed by atoms with Crippen molar-refractivity contribution in [1.29, 1.82) is 0 Å². The topological polar surface area (TPSA) is 111 Å². The minimum atomic E-state index is -3.82. The number of morpholine rings is 1. The summed E-state index contributed by atoms with van der Waals surface area (Å²) >= 11 is 0. The summed E-state index contributed by atoms with van der Waals surface area (Å²) in [5.74, 6) is -0.0424. The number of carbonyl (C=O) groups is 2. The molecule has 9 nitrogen and oxygen atoms in total. The van der Waals surface area contributed by atoms with Crippen molar-refractivity contribution >= 4 is 27.9 Å². The molecular weight excluding hydrogens is 412 g/mol. The van der Waals surface area contributed by atoms with E-state index in [1.54, 1.807) is 24.3 Å². The number of methoxy groups -OCH3 is 1. The van der Waals surface area contributed by atoms with E-state index >= 15 is 0 Å². The fraction of sp³-hybridized carbons (Fsp3) is 0.300. The maximum Gasteiger partial charge on any atom is 0.262 e. The van der Waals surface area contributed by atoms with Gasteiger partial charge >= 0.3 is 0 Å². The zero-order chi connectivity index (χ0) is 21.6. The van der Waals surface area contributed by atoms with Crippen LogP contribution in [0.15, 0.2) is 47.4 Å². The molecule has 1 fully saturated rings. The molecule has 0 bridgehead atoms. The molecule has 1 amide bonds. The number of ether oxygens (including phenoxy) is 3. The number of hydrogen-bond donors (Lipinski definition) is 1. The second kappa shape index (κ2) is 9.70. The first-order valence-corrected chi connectivity index (χ1v) is 10.6. The molecule has 1 aliphatic heterocycles. The Morgan fingerprint density at radius 3 is 2.60 bits per heavy atom. The van der Waals surface area contributed by atoms with E-state index in [1.165, 1.54) is 29.6 Å². The van der Waals surface area contributed by atoms with Crippen LogP contribution >= 0.6 is 0 Å². The fourth-order valence-electron chi connectivity index (χ4n) is 2.93. The molecule has 3 rings (SSSR count). The lowest BCUT2D eigenvalue weighted by Crippen LogP contribution is -2.40. The Hall–Kier alpha value is -2.95. The van der Waals surface area contributed by atoms with Crippen molar-refractivity contribution in [3.8, 4) is 11.5 Å². The molecule has 2 aromatic carbocycles. The molecule has 10 heteroatoms. The number of sulfonamides is 1. The summed E-state index contributed by atoms with van der Waals surface area (Å²) in [4.78, 5) is 23.3. The standard InChI is InChI=1S/C20H22N2O7S/c1-27-18-7-6-16(12-19(18)30(25,26)22-8-10-28-11-9-22)21-20(24)14-29-17-5-3-2-4-15(17)13-23/h2-7,12-13H,8-11,14H2,1H3,(H,21,24). The second-order valence-corrected chi connectivity index (χ2v) is 8.28. The third-order valence-corrected chi connectivity index (χ3v) is 6.36. The summed E-state index contributed by atoms with van der Waals surface area (Å²) in [5, 5.41) is 2.60. The molecule has 30 heavy (non-hydrogen) atoms. The number of rotatable bonds is 8. The lowest BCUT2D eigenvalue weighted by atomic mass is 10.2. The van der Waals surface area contributed by atoms with Crippen molar-refractivity contribution in [2.75, 3.05) is 45.3 Å². The van der Waals surface area contributed by atoms with Gasteiger partial charge in [0.2, 0.25) is 10.0 Å². The van der Waals surface area contributed by atoms with E-state index in [1.807, 2.05) is 0 Å². The minimum Gasteiger partial charge on any atom is -0.495 e. The zero-order valence-corrected chi connectivity index (χ0v) is 17.2. The number of nitrogens with zero attached hydrogens (tertiary/aromatic N) is 1. The zero-order valence-electron chi connectivity index (χ0n) is 16.4. The molecule has 0 unspecified atom stereocenters. The van der Waals surface area contributed by atoms with Crippen LogP contribution in [0.3, 0.4) is 0 Å². The number of carbonyl (C=O) groups excluding carboxylic acids is 2. The van der Waals surface area contributed by atoms with Crippen LogP contribution in [0.5, 0.6) is 11.5 Å². The normalized spacial score (nSPS) is 14.7. The van der Waals surface area contributed by atoms with Crippen LogP contribution in [0.2, 0.25) is 0 Å². The largest absolute Gasteiger partial charge is 0.495 e. The highest BCUT2D eigenvalue weighted by molar-refractivity contribution is 7.89. The van der Waals surface area contributed by atoms with E-state index in [-0.39, 0.29) is 41.8 Å². The van der Waals surface area contributed by atoms with E-state index < -0.39 is 15.9 Å². The molecule has 0 aromatic heterocycles. The van der Waals surface area contributed by atoms with Crippen LogP contribution in [0, 0.1) is 0 Å². The summed E-state index contributed by atoms with van der Waals surface area (Å²) in [5.41, 5.74) is 0.605. The predicted molar refractivity (Wildman–Crippen MR) is 109 cm³/mol. The van der Waals surface area contributed by atoms with E-state index in [2.05, 4.69) is 5.32 Å². The first-order chi connectivity index (χ1) is 14.5. The van der Waals surface area contributed by atoms with Gasteiger partial charge in [-0.25, -0.2) is 8.42 Å². The van der Waals surface area contributed by atoms with Gasteiger partial charge in [-0.1, -0.05) is 12.1 Å². The third kappa shape index (κ3) is 4.96. The molecule has 160 valence electrons. The number of benzene rings is 2. The van der Waals surface area contributed by atoms with Gasteiger partial charge in [-0.05, 0) is 30.3 Å². The molecule has 0 atom stereocenters. The van der Waals surface area contributed by atoms with Crippen molar-refractivity contribution in [2.45, 2.75) is 4.90 Å². The summed E-state index contributed by atoms with van der Waals surface area (Å²) in [6, 6.07) is 10.9.